The number of carboxylic acid groups (broad SMARTS) is 1. The molecule has 2 saturated heterocycles. The Kier molecular flexibility index (Phi) is 4.41. The molecular weight excluding hydrogens is 387 g/mol. The average molecular weight is 409 g/mol. The van der Waals surface area contributed by atoms with Gasteiger partial charge < -0.3 is 19.9 Å². The van der Waals surface area contributed by atoms with E-state index in [0.29, 0.717) is 19.4 Å². The fourth-order valence-electron chi connectivity index (χ4n) is 5.15. The van der Waals surface area contributed by atoms with E-state index in [0.717, 1.165) is 12.3 Å². The first-order valence-electron chi connectivity index (χ1n) is 9.48. The quantitative estimate of drug-likeness (QED) is 0.794. The summed E-state index contributed by atoms with van der Waals surface area (Å²) in [6.07, 6.45) is 2.27. The van der Waals surface area contributed by atoms with E-state index in [1.165, 1.54) is 9.47 Å². The number of anilines is 1. The van der Waals surface area contributed by atoms with Gasteiger partial charge in [0.05, 0.1) is 17.6 Å². The van der Waals surface area contributed by atoms with Crippen LogP contribution < -0.4 is 15.6 Å². The predicted molar refractivity (Wildman–Crippen MR) is 102 cm³/mol. The van der Waals surface area contributed by atoms with Crippen molar-refractivity contribution in [2.24, 2.45) is 5.41 Å². The molecule has 2 aliphatic heterocycles. The van der Waals surface area contributed by atoms with Gasteiger partial charge >= 0.3 is 5.97 Å². The molecule has 3 fully saturated rings. The number of aryl methyl sites for hydroxylation is 1. The maximum Gasteiger partial charge on any atom is 0.341 e. The standard InChI is InChI=1S/C20H22F3N3O3/c1-3-25-5-12(18(28)29)17(27)11-4-13(22)16(14(23)15(11)25)26-9-19(8-21)6-20(7-19,10-26)24-2/h4-5,24H,3,6-10H2,1-2H3,(H,28,29). The number of carbonyl (C=O) groups is 1. The van der Waals surface area contributed by atoms with Crippen LogP contribution in [0.25, 0.3) is 10.9 Å². The normalized spacial score (nSPS) is 25.9. The molecule has 2 bridgehead atoms. The number of piperidine rings is 2. The number of nitrogens with one attached hydrogen (secondary N) is 1. The number of aromatic carboxylic acids is 1. The Morgan fingerprint density at radius 3 is 2.55 bits per heavy atom. The number of likely N-dealkylation sites (N-methyl/N-ethyl adjacent to an activating group) is 1. The molecule has 156 valence electrons. The fourth-order valence-corrected chi connectivity index (χ4v) is 5.15. The number of pyridine rings is 1. The second-order valence-electron chi connectivity index (χ2n) is 8.25. The van der Waals surface area contributed by atoms with Crippen molar-refractivity contribution in [1.82, 2.24) is 9.88 Å². The molecule has 1 aromatic heterocycles. The summed E-state index contributed by atoms with van der Waals surface area (Å²) in [5.41, 5.74) is -2.99. The SMILES string of the molecule is CCn1cc(C(=O)O)c(=O)c2cc(F)c(N3CC4(CF)CC(NC)(C3)C4)c(F)c21. The molecule has 3 heterocycles. The smallest absolute Gasteiger partial charge is 0.341 e. The van der Waals surface area contributed by atoms with Crippen molar-refractivity contribution in [3.05, 3.63) is 39.7 Å². The summed E-state index contributed by atoms with van der Waals surface area (Å²) >= 11 is 0. The van der Waals surface area contributed by atoms with Gasteiger partial charge in [-0.2, -0.15) is 0 Å². The molecule has 6 nitrogen and oxygen atoms in total. The van der Waals surface area contributed by atoms with E-state index < -0.39 is 46.2 Å². The van der Waals surface area contributed by atoms with Gasteiger partial charge in [0.2, 0.25) is 5.43 Å². The number of fused-ring (bicyclic) bond motifs is 3. The largest absolute Gasteiger partial charge is 0.477 e. The van der Waals surface area contributed by atoms with Gasteiger partial charge in [0.1, 0.15) is 17.1 Å². The monoisotopic (exact) mass is 409 g/mol. The van der Waals surface area contributed by atoms with Gasteiger partial charge in [0, 0.05) is 36.8 Å². The van der Waals surface area contributed by atoms with Crippen molar-refractivity contribution >= 4 is 22.6 Å². The molecule has 5 rings (SSSR count). The van der Waals surface area contributed by atoms with Crippen LogP contribution in [0.5, 0.6) is 0 Å². The zero-order chi connectivity index (χ0) is 21.1. The van der Waals surface area contributed by atoms with Crippen LogP contribution in [0.1, 0.15) is 30.1 Å². The van der Waals surface area contributed by atoms with Crippen molar-refractivity contribution < 1.29 is 23.1 Å². The Morgan fingerprint density at radius 1 is 1.31 bits per heavy atom. The minimum Gasteiger partial charge on any atom is -0.477 e. The summed E-state index contributed by atoms with van der Waals surface area (Å²) in [5.74, 6) is -3.35. The molecule has 0 amide bonds. The number of hydrogen-bond acceptors (Lipinski definition) is 4. The van der Waals surface area contributed by atoms with Crippen molar-refractivity contribution in [3.63, 3.8) is 0 Å². The lowest BCUT2D eigenvalue weighted by molar-refractivity contribution is -0.0333. The van der Waals surface area contributed by atoms with Crippen LogP contribution in [0.3, 0.4) is 0 Å². The van der Waals surface area contributed by atoms with Gasteiger partial charge in [-0.25, -0.2) is 13.6 Å². The molecule has 1 aliphatic carbocycles. The Bertz CT molecular complexity index is 1060. The lowest BCUT2D eigenvalue weighted by Gasteiger charge is -2.63. The van der Waals surface area contributed by atoms with E-state index in [1.54, 1.807) is 14.0 Å². The number of carboxylic acids is 1. The number of rotatable bonds is 5. The van der Waals surface area contributed by atoms with Crippen LogP contribution in [0.4, 0.5) is 18.9 Å². The first-order chi connectivity index (χ1) is 13.7. The molecule has 1 aromatic carbocycles. The molecule has 1 saturated carbocycles. The van der Waals surface area contributed by atoms with E-state index >= 15 is 8.78 Å². The Morgan fingerprint density at radius 2 is 2.00 bits per heavy atom. The van der Waals surface area contributed by atoms with Gasteiger partial charge in [-0.15, -0.1) is 0 Å². The zero-order valence-corrected chi connectivity index (χ0v) is 16.2. The Labute approximate surface area is 164 Å². The lowest BCUT2D eigenvalue weighted by Crippen LogP contribution is -2.73. The van der Waals surface area contributed by atoms with E-state index in [-0.39, 0.29) is 29.7 Å². The highest BCUT2D eigenvalue weighted by molar-refractivity contribution is 5.93. The first-order valence-corrected chi connectivity index (χ1v) is 9.48. The van der Waals surface area contributed by atoms with Crippen LogP contribution >= 0.6 is 0 Å². The van der Waals surface area contributed by atoms with Gasteiger partial charge in [-0.05, 0) is 32.9 Å². The lowest BCUT2D eigenvalue weighted by atomic mass is 9.54. The predicted octanol–water partition coefficient (Wildman–Crippen LogP) is 2.53. The van der Waals surface area contributed by atoms with Crippen LogP contribution in [-0.2, 0) is 6.54 Å². The third kappa shape index (κ3) is 2.74. The van der Waals surface area contributed by atoms with Gasteiger partial charge in [-0.3, -0.25) is 9.18 Å². The molecule has 3 aliphatic rings. The number of hydrogen-bond donors (Lipinski definition) is 2. The van der Waals surface area contributed by atoms with E-state index in [4.69, 9.17) is 0 Å². The summed E-state index contributed by atoms with van der Waals surface area (Å²) in [6, 6.07) is 0.892. The maximum atomic E-state index is 15.6. The minimum atomic E-state index is -1.46. The average Bonchev–Trinajstić information content (AvgIpc) is 2.67. The van der Waals surface area contributed by atoms with E-state index in [2.05, 4.69) is 5.32 Å². The number of nitrogens with zero attached hydrogens (tertiary/aromatic N) is 2. The molecule has 0 atom stereocenters. The first kappa shape index (κ1) is 19.8. The van der Waals surface area contributed by atoms with Crippen molar-refractivity contribution in [3.8, 4) is 0 Å². The van der Waals surface area contributed by atoms with Crippen LogP contribution in [0.2, 0.25) is 0 Å². The van der Waals surface area contributed by atoms with Crippen molar-refractivity contribution in [1.29, 1.82) is 0 Å². The third-order valence-electron chi connectivity index (χ3n) is 6.38. The summed E-state index contributed by atoms with van der Waals surface area (Å²) in [4.78, 5) is 25.3. The topological polar surface area (TPSA) is 74.6 Å². The maximum absolute atomic E-state index is 15.6. The van der Waals surface area contributed by atoms with E-state index in [1.807, 2.05) is 0 Å². The molecule has 0 unspecified atom stereocenters. The molecule has 9 heteroatoms. The summed E-state index contributed by atoms with van der Waals surface area (Å²) in [6.45, 7) is 1.77. The summed E-state index contributed by atoms with van der Waals surface area (Å²) in [5, 5.41) is 12.1. The minimum absolute atomic E-state index is 0.147. The Balaban J connectivity index is 1.92. The van der Waals surface area contributed by atoms with Gasteiger partial charge in [-0.1, -0.05) is 0 Å². The van der Waals surface area contributed by atoms with Crippen LogP contribution in [0, 0.1) is 17.0 Å². The van der Waals surface area contributed by atoms with Gasteiger partial charge in [0.25, 0.3) is 0 Å². The zero-order valence-electron chi connectivity index (χ0n) is 16.2. The molecular formula is C20H22F3N3O3. The second kappa shape index (κ2) is 6.48. The molecule has 0 spiro atoms. The second-order valence-corrected chi connectivity index (χ2v) is 8.25. The highest BCUT2D eigenvalue weighted by atomic mass is 19.1. The fraction of sp³-hybridized carbons (Fsp3) is 0.500. The highest BCUT2D eigenvalue weighted by Crippen LogP contribution is 2.54. The molecule has 2 aromatic rings. The number of aromatic nitrogens is 1. The van der Waals surface area contributed by atoms with Crippen molar-refractivity contribution in [2.75, 3.05) is 31.7 Å². The summed E-state index contributed by atoms with van der Waals surface area (Å²) in [7, 11) is 1.75. The number of benzene rings is 1. The summed E-state index contributed by atoms with van der Waals surface area (Å²) < 4.78 is 45.6. The molecule has 2 N–H and O–H groups in total. The van der Waals surface area contributed by atoms with Crippen LogP contribution in [0.15, 0.2) is 17.1 Å². The molecule has 0 radical (unpaired) electrons. The van der Waals surface area contributed by atoms with Gasteiger partial charge in [0.15, 0.2) is 5.82 Å². The number of halogens is 3. The van der Waals surface area contributed by atoms with Crippen molar-refractivity contribution in [2.45, 2.75) is 31.8 Å². The van der Waals surface area contributed by atoms with Crippen LogP contribution in [-0.4, -0.2) is 48.0 Å². The number of alkyl halides is 1. The molecule has 29 heavy (non-hydrogen) atoms. The Hall–Kier alpha value is -2.55. The third-order valence-corrected chi connectivity index (χ3v) is 6.38. The van der Waals surface area contributed by atoms with E-state index in [9.17, 15) is 19.1 Å². The highest BCUT2D eigenvalue weighted by Gasteiger charge is 2.59.